The molecule has 0 atom stereocenters. The summed E-state index contributed by atoms with van der Waals surface area (Å²) < 4.78 is 0. The fraction of sp³-hybridized carbons (Fsp3) is 0.333. The summed E-state index contributed by atoms with van der Waals surface area (Å²) in [6.45, 7) is 2.20. The maximum absolute atomic E-state index is 2.31. The number of benzene rings is 1. The van der Waals surface area contributed by atoms with E-state index >= 15 is 0 Å². The van der Waals surface area contributed by atoms with Crippen LogP contribution in [0.2, 0.25) is 0 Å². The van der Waals surface area contributed by atoms with E-state index in [1.807, 2.05) is 0 Å². The van der Waals surface area contributed by atoms with E-state index in [4.69, 9.17) is 0 Å². The molecule has 0 nitrogen and oxygen atoms in total. The van der Waals surface area contributed by atoms with Crippen molar-refractivity contribution < 1.29 is 0 Å². The van der Waals surface area contributed by atoms with Gasteiger partial charge in [0, 0.05) is 0 Å². The van der Waals surface area contributed by atoms with Crippen molar-refractivity contribution in [2.45, 2.75) is 26.2 Å². The Morgan fingerprint density at radius 1 is 1.33 bits per heavy atom. The summed E-state index contributed by atoms with van der Waals surface area (Å²) in [7, 11) is 0. The normalized spacial score (nSPS) is 14.4. The van der Waals surface area contributed by atoms with E-state index in [9.17, 15) is 0 Å². The zero-order chi connectivity index (χ0) is 8.39. The second-order valence-electron chi connectivity index (χ2n) is 3.33. The first kappa shape index (κ1) is 7.60. The van der Waals surface area contributed by atoms with Gasteiger partial charge in [0.05, 0.1) is 0 Å². The predicted octanol–water partition coefficient (Wildman–Crippen LogP) is 3.21. The van der Waals surface area contributed by atoms with E-state index < -0.39 is 0 Å². The molecule has 0 saturated carbocycles. The zero-order valence-corrected chi connectivity index (χ0v) is 7.51. The Morgan fingerprint density at radius 2 is 2.25 bits per heavy atom. The Morgan fingerprint density at radius 3 is 3.08 bits per heavy atom. The van der Waals surface area contributed by atoms with Gasteiger partial charge in [0.25, 0.3) is 0 Å². The van der Waals surface area contributed by atoms with Crippen molar-refractivity contribution in [1.29, 1.82) is 0 Å². The predicted molar refractivity (Wildman–Crippen MR) is 53.2 cm³/mol. The van der Waals surface area contributed by atoms with Gasteiger partial charge < -0.3 is 0 Å². The van der Waals surface area contributed by atoms with Crippen LogP contribution in [0.15, 0.2) is 24.3 Å². The third kappa shape index (κ3) is 1.29. The molecule has 0 saturated heterocycles. The van der Waals surface area contributed by atoms with Crippen molar-refractivity contribution in [2.75, 3.05) is 0 Å². The Labute approximate surface area is 73.9 Å². The number of allylic oxidation sites excluding steroid dienone is 1. The Balaban J connectivity index is 2.44. The maximum atomic E-state index is 2.31. The lowest BCUT2D eigenvalue weighted by molar-refractivity contribution is 0.979. The quantitative estimate of drug-likeness (QED) is 0.588. The molecule has 0 spiro atoms. The topological polar surface area (TPSA) is 0 Å². The van der Waals surface area contributed by atoms with Crippen molar-refractivity contribution in [1.82, 2.24) is 0 Å². The fourth-order valence-corrected chi connectivity index (χ4v) is 1.70. The van der Waals surface area contributed by atoms with Crippen molar-refractivity contribution in [3.63, 3.8) is 0 Å². The van der Waals surface area contributed by atoms with Crippen LogP contribution in [-0.2, 0) is 12.8 Å². The first-order valence-electron chi connectivity index (χ1n) is 4.68. The Kier molecular flexibility index (Phi) is 1.99. The average molecular weight is 158 g/mol. The molecule has 62 valence electrons. The molecular formula is C12H14. The van der Waals surface area contributed by atoms with Gasteiger partial charge in [-0.15, -0.1) is 0 Å². The van der Waals surface area contributed by atoms with Crippen LogP contribution in [-0.4, -0.2) is 0 Å². The molecule has 0 heteroatoms. The summed E-state index contributed by atoms with van der Waals surface area (Å²) in [5.74, 6) is 0. The van der Waals surface area contributed by atoms with Crippen LogP contribution >= 0.6 is 0 Å². The number of rotatable bonds is 1. The standard InChI is InChI=1S/C12H14/c1-2-10-7-8-11-5-3-4-6-12(11)9-10/h4,6-9H,2-3,5H2,1H3. The van der Waals surface area contributed by atoms with Gasteiger partial charge in [-0.05, 0) is 36.0 Å². The monoisotopic (exact) mass is 158 g/mol. The van der Waals surface area contributed by atoms with Crippen LogP contribution in [0.4, 0.5) is 0 Å². The lowest BCUT2D eigenvalue weighted by Crippen LogP contribution is -1.94. The molecule has 1 aliphatic carbocycles. The molecular weight excluding hydrogens is 144 g/mol. The molecule has 12 heavy (non-hydrogen) atoms. The molecule has 1 aliphatic rings. The van der Waals surface area contributed by atoms with Gasteiger partial charge in [0.1, 0.15) is 0 Å². The number of fused-ring (bicyclic) bond motifs is 1. The third-order valence-electron chi connectivity index (χ3n) is 2.50. The molecule has 0 aliphatic heterocycles. The molecule has 1 aromatic carbocycles. The van der Waals surface area contributed by atoms with Gasteiger partial charge in [0.15, 0.2) is 0 Å². The highest BCUT2D eigenvalue weighted by Gasteiger charge is 2.03. The summed E-state index contributed by atoms with van der Waals surface area (Å²) >= 11 is 0. The van der Waals surface area contributed by atoms with Crippen LogP contribution in [0.25, 0.3) is 6.08 Å². The number of hydrogen-bond donors (Lipinski definition) is 0. The smallest absolute Gasteiger partial charge is 0.0225 e. The largest absolute Gasteiger partial charge is 0.0836 e. The van der Waals surface area contributed by atoms with Gasteiger partial charge in [-0.25, -0.2) is 0 Å². The molecule has 0 bridgehead atoms. The van der Waals surface area contributed by atoms with Gasteiger partial charge >= 0.3 is 0 Å². The van der Waals surface area contributed by atoms with E-state index in [-0.39, 0.29) is 0 Å². The summed E-state index contributed by atoms with van der Waals surface area (Å²) in [4.78, 5) is 0. The summed E-state index contributed by atoms with van der Waals surface area (Å²) in [6.07, 6.45) is 8.08. The van der Waals surface area contributed by atoms with Crippen molar-refractivity contribution in [2.24, 2.45) is 0 Å². The minimum absolute atomic E-state index is 1.14. The summed E-state index contributed by atoms with van der Waals surface area (Å²) in [6, 6.07) is 6.83. The van der Waals surface area contributed by atoms with Crippen molar-refractivity contribution in [3.8, 4) is 0 Å². The molecule has 1 aromatic rings. The van der Waals surface area contributed by atoms with Crippen molar-refractivity contribution >= 4 is 6.08 Å². The van der Waals surface area contributed by atoms with Gasteiger partial charge in [-0.2, -0.15) is 0 Å². The van der Waals surface area contributed by atoms with Crippen LogP contribution in [0, 0.1) is 0 Å². The molecule has 0 heterocycles. The zero-order valence-electron chi connectivity index (χ0n) is 7.51. The number of hydrogen-bond acceptors (Lipinski definition) is 0. The highest BCUT2D eigenvalue weighted by atomic mass is 14.1. The summed E-state index contributed by atoms with van der Waals surface area (Å²) in [5.41, 5.74) is 4.38. The van der Waals surface area contributed by atoms with Gasteiger partial charge in [0.2, 0.25) is 0 Å². The maximum Gasteiger partial charge on any atom is -0.0225 e. The minimum Gasteiger partial charge on any atom is -0.0836 e. The van der Waals surface area contributed by atoms with E-state index in [0.717, 1.165) is 6.42 Å². The van der Waals surface area contributed by atoms with E-state index in [1.54, 1.807) is 0 Å². The van der Waals surface area contributed by atoms with Gasteiger partial charge in [-0.1, -0.05) is 37.3 Å². The number of aryl methyl sites for hydroxylation is 2. The van der Waals surface area contributed by atoms with E-state index in [0.29, 0.717) is 0 Å². The Bertz CT molecular complexity index is 308. The van der Waals surface area contributed by atoms with Crippen LogP contribution in [0.5, 0.6) is 0 Å². The second-order valence-corrected chi connectivity index (χ2v) is 3.33. The van der Waals surface area contributed by atoms with E-state index in [2.05, 4.69) is 37.3 Å². The molecule has 0 aromatic heterocycles. The average Bonchev–Trinajstić information content (AvgIpc) is 2.17. The molecule has 0 fully saturated rings. The minimum atomic E-state index is 1.14. The van der Waals surface area contributed by atoms with Crippen LogP contribution < -0.4 is 0 Å². The first-order chi connectivity index (χ1) is 5.90. The lowest BCUT2D eigenvalue weighted by atomic mass is 9.95. The molecule has 0 amide bonds. The summed E-state index contributed by atoms with van der Waals surface area (Å²) in [5, 5.41) is 0. The van der Waals surface area contributed by atoms with Crippen LogP contribution in [0.3, 0.4) is 0 Å². The first-order valence-corrected chi connectivity index (χ1v) is 4.68. The molecule has 0 unspecified atom stereocenters. The van der Waals surface area contributed by atoms with E-state index in [1.165, 1.54) is 29.5 Å². The second kappa shape index (κ2) is 3.14. The molecule has 0 radical (unpaired) electrons. The SMILES string of the molecule is CCc1ccc2c(c1)C=CCC2. The van der Waals surface area contributed by atoms with Crippen LogP contribution in [0.1, 0.15) is 30.0 Å². The highest BCUT2D eigenvalue weighted by molar-refractivity contribution is 5.57. The molecule has 0 N–H and O–H groups in total. The fourth-order valence-electron chi connectivity index (χ4n) is 1.70. The van der Waals surface area contributed by atoms with Gasteiger partial charge in [-0.3, -0.25) is 0 Å². The third-order valence-corrected chi connectivity index (χ3v) is 2.50. The lowest BCUT2D eigenvalue weighted by Gasteiger charge is -2.10. The molecule has 2 rings (SSSR count). The highest BCUT2D eigenvalue weighted by Crippen LogP contribution is 2.20. The Hall–Kier alpha value is -1.04. The van der Waals surface area contributed by atoms with Crippen molar-refractivity contribution in [3.05, 3.63) is 41.0 Å².